The number of carbonyl (C=O) groups excluding carboxylic acids is 2. The van der Waals surface area contributed by atoms with E-state index in [1.54, 1.807) is 0 Å². The Morgan fingerprint density at radius 1 is 1.10 bits per heavy atom. The molecular weight excluding hydrogens is 390 g/mol. The predicted molar refractivity (Wildman–Crippen MR) is 121 cm³/mol. The highest BCUT2D eigenvalue weighted by Crippen LogP contribution is 2.32. The molecule has 2 fully saturated rings. The van der Waals surface area contributed by atoms with Crippen LogP contribution in [0.5, 0.6) is 0 Å². The molecule has 1 saturated carbocycles. The lowest BCUT2D eigenvalue weighted by molar-refractivity contribution is -0.132. The van der Waals surface area contributed by atoms with Gasteiger partial charge in [-0.3, -0.25) is 14.5 Å². The number of benzene rings is 1. The maximum Gasteiger partial charge on any atom is 0.255 e. The van der Waals surface area contributed by atoms with Gasteiger partial charge in [-0.1, -0.05) is 43.9 Å². The van der Waals surface area contributed by atoms with Crippen molar-refractivity contribution >= 4 is 11.8 Å². The first-order valence-corrected chi connectivity index (χ1v) is 12.1. The number of hydrogen-bond acceptors (Lipinski definition) is 4. The highest BCUT2D eigenvalue weighted by Gasteiger charge is 2.46. The van der Waals surface area contributed by atoms with Gasteiger partial charge in [-0.25, -0.2) is 0 Å². The first-order valence-electron chi connectivity index (χ1n) is 12.1. The molecule has 4 rings (SSSR count). The number of nitrogens with one attached hydrogen (secondary N) is 1. The molecule has 2 amide bonds. The van der Waals surface area contributed by atoms with Crippen LogP contribution in [0.4, 0.5) is 0 Å². The average Bonchev–Trinajstić information content (AvgIpc) is 3.05. The van der Waals surface area contributed by atoms with E-state index in [-0.39, 0.29) is 17.9 Å². The molecule has 1 unspecified atom stereocenters. The van der Waals surface area contributed by atoms with E-state index in [0.717, 1.165) is 63.2 Å². The van der Waals surface area contributed by atoms with Crippen molar-refractivity contribution in [1.82, 2.24) is 15.1 Å². The molecule has 0 aromatic heterocycles. The second kappa shape index (κ2) is 10.1. The quantitative estimate of drug-likeness (QED) is 0.709. The molecule has 1 atom stereocenters. The van der Waals surface area contributed by atoms with Gasteiger partial charge in [0, 0.05) is 44.2 Å². The summed E-state index contributed by atoms with van der Waals surface area (Å²) in [6.45, 7) is 6.91. The van der Waals surface area contributed by atoms with Crippen molar-refractivity contribution in [2.75, 3.05) is 39.4 Å². The van der Waals surface area contributed by atoms with Gasteiger partial charge in [0.1, 0.15) is 5.54 Å². The first-order chi connectivity index (χ1) is 15.1. The molecule has 0 radical (unpaired) electrons. The number of amides is 2. The Labute approximate surface area is 186 Å². The van der Waals surface area contributed by atoms with Crippen LogP contribution in [0.15, 0.2) is 24.3 Å². The predicted octanol–water partition coefficient (Wildman–Crippen LogP) is 3.00. The molecule has 0 spiro atoms. The smallest absolute Gasteiger partial charge is 0.255 e. The zero-order chi connectivity index (χ0) is 21.7. The van der Waals surface area contributed by atoms with E-state index in [4.69, 9.17) is 4.74 Å². The molecule has 170 valence electrons. The minimum absolute atomic E-state index is 0.00799. The summed E-state index contributed by atoms with van der Waals surface area (Å²) in [6.07, 6.45) is 8.38. The van der Waals surface area contributed by atoms with E-state index >= 15 is 0 Å². The molecule has 2 aliphatic heterocycles. The highest BCUT2D eigenvalue weighted by molar-refractivity contribution is 6.02. The van der Waals surface area contributed by atoms with Gasteiger partial charge in [-0.15, -0.1) is 0 Å². The molecule has 3 aliphatic rings. The molecule has 0 bridgehead atoms. The molecule has 1 aliphatic carbocycles. The number of nitrogens with zero attached hydrogens (tertiary/aromatic N) is 2. The van der Waals surface area contributed by atoms with Crippen LogP contribution < -0.4 is 5.32 Å². The first kappa shape index (κ1) is 22.3. The summed E-state index contributed by atoms with van der Waals surface area (Å²) in [7, 11) is 0. The summed E-state index contributed by atoms with van der Waals surface area (Å²) in [6, 6.07) is 8.00. The van der Waals surface area contributed by atoms with E-state index < -0.39 is 5.54 Å². The maximum atomic E-state index is 13.6. The third-order valence-corrected chi connectivity index (χ3v) is 7.26. The van der Waals surface area contributed by atoms with Gasteiger partial charge in [0.15, 0.2) is 0 Å². The normalized spacial score (nSPS) is 25.7. The standard InChI is InChI=1S/C25H37N3O3/c1-25(24(30)26-21-10-4-2-3-5-11-21)19-20-9-6-7-12-22(20)23(29)28(25)14-8-13-27-15-17-31-18-16-27/h6-7,9,12,21H,2-5,8,10-11,13-19H2,1H3,(H,26,30). The van der Waals surface area contributed by atoms with Crippen LogP contribution >= 0.6 is 0 Å². The lowest BCUT2D eigenvalue weighted by Gasteiger charge is -2.45. The molecule has 1 saturated heterocycles. The van der Waals surface area contributed by atoms with Gasteiger partial charge in [0.2, 0.25) is 5.91 Å². The Balaban J connectivity index is 1.49. The van der Waals surface area contributed by atoms with Crippen LogP contribution in [0.25, 0.3) is 0 Å². The van der Waals surface area contributed by atoms with E-state index in [9.17, 15) is 9.59 Å². The zero-order valence-electron chi connectivity index (χ0n) is 18.9. The Morgan fingerprint density at radius 3 is 2.55 bits per heavy atom. The summed E-state index contributed by atoms with van der Waals surface area (Å²) < 4.78 is 5.44. The summed E-state index contributed by atoms with van der Waals surface area (Å²) in [5.41, 5.74) is 0.881. The zero-order valence-corrected chi connectivity index (χ0v) is 18.9. The summed E-state index contributed by atoms with van der Waals surface area (Å²) in [4.78, 5) is 31.3. The summed E-state index contributed by atoms with van der Waals surface area (Å²) >= 11 is 0. The molecular formula is C25H37N3O3. The SMILES string of the molecule is CC1(C(=O)NC2CCCCCC2)Cc2ccccc2C(=O)N1CCCN1CCOCC1. The Bertz CT molecular complexity index is 769. The molecule has 1 aromatic rings. The monoisotopic (exact) mass is 427 g/mol. The van der Waals surface area contributed by atoms with Gasteiger partial charge in [0.05, 0.1) is 13.2 Å². The van der Waals surface area contributed by atoms with Gasteiger partial charge >= 0.3 is 0 Å². The molecule has 1 N–H and O–H groups in total. The van der Waals surface area contributed by atoms with Crippen LogP contribution in [0.3, 0.4) is 0 Å². The van der Waals surface area contributed by atoms with Crippen molar-refractivity contribution in [3.63, 3.8) is 0 Å². The summed E-state index contributed by atoms with van der Waals surface area (Å²) in [5, 5.41) is 3.33. The fourth-order valence-corrected chi connectivity index (χ4v) is 5.31. The van der Waals surface area contributed by atoms with Gasteiger partial charge < -0.3 is 15.0 Å². The lowest BCUT2D eigenvalue weighted by Crippen LogP contribution is -2.63. The van der Waals surface area contributed by atoms with Crippen molar-refractivity contribution in [2.45, 2.75) is 69.9 Å². The Hall–Kier alpha value is -1.92. The van der Waals surface area contributed by atoms with Crippen molar-refractivity contribution < 1.29 is 14.3 Å². The second-order valence-electron chi connectivity index (χ2n) is 9.53. The Morgan fingerprint density at radius 2 is 1.81 bits per heavy atom. The number of ether oxygens (including phenoxy) is 1. The van der Waals surface area contributed by atoms with Crippen LogP contribution in [0.1, 0.15) is 67.8 Å². The Kier molecular flexibility index (Phi) is 7.28. The largest absolute Gasteiger partial charge is 0.379 e. The van der Waals surface area contributed by atoms with Gasteiger partial charge in [-0.05, 0) is 37.8 Å². The van der Waals surface area contributed by atoms with Crippen LogP contribution in [-0.4, -0.2) is 72.6 Å². The number of rotatable bonds is 6. The number of fused-ring (bicyclic) bond motifs is 1. The fourth-order valence-electron chi connectivity index (χ4n) is 5.31. The average molecular weight is 428 g/mol. The third kappa shape index (κ3) is 5.12. The van der Waals surface area contributed by atoms with Crippen LogP contribution in [-0.2, 0) is 16.0 Å². The van der Waals surface area contributed by atoms with Crippen LogP contribution in [0, 0.1) is 0 Å². The van der Waals surface area contributed by atoms with E-state index in [2.05, 4.69) is 10.2 Å². The van der Waals surface area contributed by atoms with E-state index in [0.29, 0.717) is 13.0 Å². The van der Waals surface area contributed by atoms with Crippen molar-refractivity contribution in [3.8, 4) is 0 Å². The number of morpholine rings is 1. The number of carbonyl (C=O) groups is 2. The highest BCUT2D eigenvalue weighted by atomic mass is 16.5. The minimum Gasteiger partial charge on any atom is -0.379 e. The van der Waals surface area contributed by atoms with Crippen molar-refractivity contribution in [2.24, 2.45) is 0 Å². The minimum atomic E-state index is -0.844. The molecule has 6 heteroatoms. The van der Waals surface area contributed by atoms with Crippen LogP contribution in [0.2, 0.25) is 0 Å². The van der Waals surface area contributed by atoms with Gasteiger partial charge in [0.25, 0.3) is 5.91 Å². The topological polar surface area (TPSA) is 61.9 Å². The van der Waals surface area contributed by atoms with Crippen molar-refractivity contribution in [3.05, 3.63) is 35.4 Å². The van der Waals surface area contributed by atoms with E-state index in [1.165, 1.54) is 25.7 Å². The lowest BCUT2D eigenvalue weighted by atomic mass is 9.82. The molecule has 6 nitrogen and oxygen atoms in total. The fraction of sp³-hybridized carbons (Fsp3) is 0.680. The second-order valence-corrected chi connectivity index (χ2v) is 9.53. The molecule has 2 heterocycles. The van der Waals surface area contributed by atoms with Crippen molar-refractivity contribution in [1.29, 1.82) is 0 Å². The third-order valence-electron chi connectivity index (χ3n) is 7.26. The molecule has 31 heavy (non-hydrogen) atoms. The summed E-state index contributed by atoms with van der Waals surface area (Å²) in [5.74, 6) is -0.00373. The molecule has 1 aromatic carbocycles. The number of hydrogen-bond donors (Lipinski definition) is 1. The maximum absolute atomic E-state index is 13.6. The van der Waals surface area contributed by atoms with E-state index in [1.807, 2.05) is 36.1 Å². The van der Waals surface area contributed by atoms with Gasteiger partial charge in [-0.2, -0.15) is 0 Å².